The van der Waals surface area contributed by atoms with E-state index in [0.717, 1.165) is 19.3 Å². The van der Waals surface area contributed by atoms with E-state index in [9.17, 15) is 9.90 Å². The fraction of sp³-hybridized carbons (Fsp3) is 0.917. The van der Waals surface area contributed by atoms with Crippen molar-refractivity contribution in [3.63, 3.8) is 0 Å². The number of carbonyl (C=O) groups excluding carboxylic acids is 1. The normalized spacial score (nSPS) is 13.7. The van der Waals surface area contributed by atoms with Crippen molar-refractivity contribution in [2.24, 2.45) is 5.41 Å². The number of ether oxygens (including phenoxy) is 1. The van der Waals surface area contributed by atoms with E-state index in [1.54, 1.807) is 0 Å². The molecule has 0 spiro atoms. The quantitative estimate of drug-likeness (QED) is 0.694. The summed E-state index contributed by atoms with van der Waals surface area (Å²) in [7, 11) is 1.37. The average molecular weight is 216 g/mol. The zero-order chi connectivity index (χ0) is 11.9. The molecule has 0 aliphatic rings. The molecule has 0 saturated heterocycles. The van der Waals surface area contributed by atoms with Crippen LogP contribution in [-0.4, -0.2) is 24.3 Å². The highest BCUT2D eigenvalue weighted by atomic mass is 16.5. The van der Waals surface area contributed by atoms with E-state index in [2.05, 4.69) is 25.5 Å². The smallest absolute Gasteiger partial charge is 0.305 e. The van der Waals surface area contributed by atoms with Crippen LogP contribution in [0.2, 0.25) is 0 Å². The third kappa shape index (κ3) is 9.73. The van der Waals surface area contributed by atoms with Gasteiger partial charge in [0.25, 0.3) is 0 Å². The second kappa shape index (κ2) is 6.83. The number of methoxy groups -OCH3 is 1. The molecule has 15 heavy (non-hydrogen) atoms. The molecular weight excluding hydrogens is 192 g/mol. The highest BCUT2D eigenvalue weighted by Crippen LogP contribution is 2.22. The van der Waals surface area contributed by atoms with Crippen LogP contribution in [0.5, 0.6) is 0 Å². The van der Waals surface area contributed by atoms with Crippen molar-refractivity contribution in [2.75, 3.05) is 7.11 Å². The summed E-state index contributed by atoms with van der Waals surface area (Å²) < 4.78 is 4.51. The number of rotatable bonds is 6. The highest BCUT2D eigenvalue weighted by Gasteiger charge is 2.12. The van der Waals surface area contributed by atoms with Gasteiger partial charge in [0.05, 0.1) is 13.2 Å². The second-order valence-corrected chi connectivity index (χ2v) is 5.22. The predicted molar refractivity (Wildman–Crippen MR) is 60.6 cm³/mol. The van der Waals surface area contributed by atoms with Crippen molar-refractivity contribution in [1.29, 1.82) is 0 Å². The minimum absolute atomic E-state index is 0.245. The van der Waals surface area contributed by atoms with Gasteiger partial charge in [-0.1, -0.05) is 27.2 Å². The van der Waals surface area contributed by atoms with Gasteiger partial charge in [-0.2, -0.15) is 0 Å². The van der Waals surface area contributed by atoms with Gasteiger partial charge in [0.2, 0.25) is 0 Å². The summed E-state index contributed by atoms with van der Waals surface area (Å²) in [5.74, 6) is -0.245. The zero-order valence-electron chi connectivity index (χ0n) is 10.4. The molecule has 0 aromatic rings. The Bertz CT molecular complexity index is 182. The number of hydrogen-bond acceptors (Lipinski definition) is 3. The van der Waals surface area contributed by atoms with Gasteiger partial charge >= 0.3 is 5.97 Å². The molecule has 0 aromatic carbocycles. The van der Waals surface area contributed by atoms with Crippen molar-refractivity contribution < 1.29 is 14.6 Å². The summed E-state index contributed by atoms with van der Waals surface area (Å²) in [4.78, 5) is 10.8. The summed E-state index contributed by atoms with van der Waals surface area (Å²) >= 11 is 0. The number of esters is 1. The van der Waals surface area contributed by atoms with Gasteiger partial charge in [0, 0.05) is 6.42 Å². The van der Waals surface area contributed by atoms with E-state index >= 15 is 0 Å². The van der Waals surface area contributed by atoms with Crippen LogP contribution in [0.4, 0.5) is 0 Å². The maximum atomic E-state index is 10.8. The summed E-state index contributed by atoms with van der Waals surface area (Å²) in [5.41, 5.74) is 0.321. The maximum Gasteiger partial charge on any atom is 0.305 e. The molecular formula is C12H24O3. The SMILES string of the molecule is COC(=O)CC[C@@H](O)CCCC(C)(C)C. The van der Waals surface area contributed by atoms with Gasteiger partial charge in [0.1, 0.15) is 0 Å². The molecule has 0 rings (SSSR count). The Hall–Kier alpha value is -0.570. The average Bonchev–Trinajstić information content (AvgIpc) is 2.12. The third-order valence-corrected chi connectivity index (χ3v) is 2.37. The molecule has 1 atom stereocenters. The third-order valence-electron chi connectivity index (χ3n) is 2.37. The number of carbonyl (C=O) groups is 1. The lowest BCUT2D eigenvalue weighted by Crippen LogP contribution is -2.12. The fourth-order valence-electron chi connectivity index (χ4n) is 1.40. The van der Waals surface area contributed by atoms with Gasteiger partial charge < -0.3 is 9.84 Å². The van der Waals surface area contributed by atoms with E-state index < -0.39 is 0 Å². The Kier molecular flexibility index (Phi) is 6.57. The van der Waals surface area contributed by atoms with Crippen LogP contribution < -0.4 is 0 Å². The van der Waals surface area contributed by atoms with Gasteiger partial charge in [-0.15, -0.1) is 0 Å². The fourth-order valence-corrected chi connectivity index (χ4v) is 1.40. The molecule has 0 unspecified atom stereocenters. The lowest BCUT2D eigenvalue weighted by molar-refractivity contribution is -0.141. The molecule has 0 bridgehead atoms. The first kappa shape index (κ1) is 14.4. The summed E-state index contributed by atoms with van der Waals surface area (Å²) in [6.45, 7) is 6.56. The van der Waals surface area contributed by atoms with Crippen LogP contribution >= 0.6 is 0 Å². The Morgan fingerprint density at radius 1 is 1.33 bits per heavy atom. The first-order valence-electron chi connectivity index (χ1n) is 5.60. The van der Waals surface area contributed by atoms with Crippen LogP contribution in [0.3, 0.4) is 0 Å². The van der Waals surface area contributed by atoms with Crippen LogP contribution in [-0.2, 0) is 9.53 Å². The van der Waals surface area contributed by atoms with Crippen molar-refractivity contribution >= 4 is 5.97 Å². The minimum atomic E-state index is -0.369. The van der Waals surface area contributed by atoms with Crippen molar-refractivity contribution in [3.05, 3.63) is 0 Å². The Balaban J connectivity index is 3.49. The lowest BCUT2D eigenvalue weighted by Gasteiger charge is -2.18. The number of aliphatic hydroxyl groups excluding tert-OH is 1. The molecule has 3 nitrogen and oxygen atoms in total. The van der Waals surface area contributed by atoms with Crippen molar-refractivity contribution in [3.8, 4) is 0 Å². The summed E-state index contributed by atoms with van der Waals surface area (Å²) in [6, 6.07) is 0. The van der Waals surface area contributed by atoms with E-state index in [-0.39, 0.29) is 12.1 Å². The highest BCUT2D eigenvalue weighted by molar-refractivity contribution is 5.69. The predicted octanol–water partition coefficient (Wildman–Crippen LogP) is 2.52. The van der Waals surface area contributed by atoms with Crippen molar-refractivity contribution in [2.45, 2.75) is 59.0 Å². The minimum Gasteiger partial charge on any atom is -0.469 e. The molecule has 0 radical (unpaired) electrons. The molecule has 0 aliphatic carbocycles. The Morgan fingerprint density at radius 2 is 1.93 bits per heavy atom. The van der Waals surface area contributed by atoms with Crippen molar-refractivity contribution in [1.82, 2.24) is 0 Å². The molecule has 0 heterocycles. The number of aliphatic hydroxyl groups is 1. The van der Waals surface area contributed by atoms with Gasteiger partial charge in [-0.05, 0) is 24.7 Å². The molecule has 0 aromatic heterocycles. The molecule has 1 N–H and O–H groups in total. The van der Waals surface area contributed by atoms with E-state index in [0.29, 0.717) is 18.3 Å². The summed E-state index contributed by atoms with van der Waals surface area (Å²) in [6.07, 6.45) is 3.33. The maximum absolute atomic E-state index is 10.8. The first-order chi connectivity index (χ1) is 6.85. The van der Waals surface area contributed by atoms with Gasteiger partial charge in [0.15, 0.2) is 0 Å². The van der Waals surface area contributed by atoms with E-state index in [1.165, 1.54) is 7.11 Å². The van der Waals surface area contributed by atoms with Gasteiger partial charge in [-0.25, -0.2) is 0 Å². The Labute approximate surface area is 92.8 Å². The second-order valence-electron chi connectivity index (χ2n) is 5.22. The van der Waals surface area contributed by atoms with E-state index in [4.69, 9.17) is 0 Å². The molecule has 3 heteroatoms. The standard InChI is InChI=1S/C12H24O3/c1-12(2,3)9-5-6-10(13)7-8-11(14)15-4/h10,13H,5-9H2,1-4H3/t10-/m0/s1. The van der Waals surface area contributed by atoms with Gasteiger partial charge in [-0.3, -0.25) is 4.79 Å². The first-order valence-corrected chi connectivity index (χ1v) is 5.60. The van der Waals surface area contributed by atoms with Crippen LogP contribution in [0.15, 0.2) is 0 Å². The van der Waals surface area contributed by atoms with Crippen LogP contribution in [0.25, 0.3) is 0 Å². The van der Waals surface area contributed by atoms with E-state index in [1.807, 2.05) is 0 Å². The van der Waals surface area contributed by atoms with Crippen LogP contribution in [0.1, 0.15) is 52.9 Å². The topological polar surface area (TPSA) is 46.5 Å². The summed E-state index contributed by atoms with van der Waals surface area (Å²) in [5, 5.41) is 9.58. The molecule has 0 saturated carbocycles. The largest absolute Gasteiger partial charge is 0.469 e. The molecule has 0 aliphatic heterocycles. The van der Waals surface area contributed by atoms with Crippen LogP contribution in [0, 0.1) is 5.41 Å². The lowest BCUT2D eigenvalue weighted by atomic mass is 9.89. The Morgan fingerprint density at radius 3 is 2.40 bits per heavy atom. The molecule has 0 amide bonds. The zero-order valence-corrected chi connectivity index (χ0v) is 10.4. The monoisotopic (exact) mass is 216 g/mol. The molecule has 0 fully saturated rings. The number of hydrogen-bond donors (Lipinski definition) is 1. The molecule has 90 valence electrons.